The highest BCUT2D eigenvalue weighted by Crippen LogP contribution is 2.38. The van der Waals surface area contributed by atoms with E-state index in [4.69, 9.17) is 11.6 Å². The van der Waals surface area contributed by atoms with Gasteiger partial charge < -0.3 is 0 Å². The lowest BCUT2D eigenvalue weighted by molar-refractivity contribution is -0.143. The van der Waals surface area contributed by atoms with Gasteiger partial charge in [-0.05, 0) is 23.5 Å². The lowest BCUT2D eigenvalue weighted by Gasteiger charge is -2.13. The molecule has 2 nitrogen and oxygen atoms in total. The van der Waals surface area contributed by atoms with Crippen molar-refractivity contribution in [1.29, 1.82) is 0 Å². The van der Waals surface area contributed by atoms with Crippen LogP contribution in [-0.2, 0) is 6.18 Å². The van der Waals surface area contributed by atoms with Gasteiger partial charge in [0.15, 0.2) is 23.3 Å². The summed E-state index contributed by atoms with van der Waals surface area (Å²) in [7, 11) is 0. The molecule has 0 aliphatic heterocycles. The van der Waals surface area contributed by atoms with Crippen LogP contribution in [0.15, 0.2) is 4.90 Å². The molecule has 1 N–H and O–H groups in total. The number of carbonyl (C=O) groups excluding carboxylic acids is 1. The van der Waals surface area contributed by atoms with Crippen molar-refractivity contribution in [3.05, 3.63) is 28.8 Å². The van der Waals surface area contributed by atoms with Gasteiger partial charge in [-0.2, -0.15) is 13.2 Å². The van der Waals surface area contributed by atoms with Crippen LogP contribution >= 0.6 is 23.5 Å². The molecule has 0 unspecified atom stereocenters. The molecule has 0 aromatic heterocycles. The second kappa shape index (κ2) is 5.45. The monoisotopic (exact) mass is 327 g/mol. The maximum absolute atomic E-state index is 13.2. The summed E-state index contributed by atoms with van der Waals surface area (Å²) in [5.74, 6) is -9.81. The summed E-state index contributed by atoms with van der Waals surface area (Å²) in [6.45, 7) is 0. The number of halogens is 8. The van der Waals surface area contributed by atoms with Gasteiger partial charge in [0.25, 0.3) is 0 Å². The molecule has 0 saturated carbocycles. The Hall–Kier alpha value is -1.16. The Labute approximate surface area is 110 Å². The van der Waals surface area contributed by atoms with Gasteiger partial charge in [-0.25, -0.2) is 17.6 Å². The molecule has 106 valence electrons. The average molecular weight is 328 g/mol. The van der Waals surface area contributed by atoms with Crippen LogP contribution in [0.4, 0.5) is 35.5 Å². The second-order valence-electron chi connectivity index (χ2n) is 2.94. The molecule has 0 aliphatic rings. The van der Waals surface area contributed by atoms with Gasteiger partial charge in [0.2, 0.25) is 0 Å². The van der Waals surface area contributed by atoms with Crippen LogP contribution in [-0.4, -0.2) is 5.37 Å². The zero-order chi connectivity index (χ0) is 15.0. The SMILES string of the molecule is O=C(Cl)NSc1c(F)c(F)c(C(F)(F)F)c(F)c1F. The largest absolute Gasteiger partial charge is 0.422 e. The maximum atomic E-state index is 13.2. The molecule has 1 rings (SSSR count). The number of rotatable bonds is 2. The van der Waals surface area contributed by atoms with Crippen molar-refractivity contribution in [2.75, 3.05) is 0 Å². The summed E-state index contributed by atoms with van der Waals surface area (Å²) < 4.78 is 90.6. The quantitative estimate of drug-likeness (QED) is 0.290. The molecule has 11 heteroatoms. The molecular weight excluding hydrogens is 327 g/mol. The Kier molecular flexibility index (Phi) is 4.56. The molecule has 0 heterocycles. The maximum Gasteiger partial charge on any atom is 0.422 e. The van der Waals surface area contributed by atoms with E-state index in [1.807, 2.05) is 0 Å². The number of nitrogens with one attached hydrogen (secondary N) is 1. The number of carbonyl (C=O) groups is 1. The first kappa shape index (κ1) is 15.9. The Morgan fingerprint density at radius 3 is 1.74 bits per heavy atom. The minimum absolute atomic E-state index is 0.299. The molecule has 1 aromatic rings. The molecule has 0 bridgehead atoms. The number of benzene rings is 1. The molecule has 0 radical (unpaired) electrons. The van der Waals surface area contributed by atoms with Crippen molar-refractivity contribution in [3.8, 4) is 0 Å². The average Bonchev–Trinajstić information content (AvgIpc) is 2.24. The van der Waals surface area contributed by atoms with Crippen molar-refractivity contribution in [2.24, 2.45) is 0 Å². The van der Waals surface area contributed by atoms with Gasteiger partial charge in [-0.3, -0.25) is 9.52 Å². The molecule has 0 aliphatic carbocycles. The summed E-state index contributed by atoms with van der Waals surface area (Å²) in [4.78, 5) is 8.77. The Morgan fingerprint density at radius 2 is 1.42 bits per heavy atom. The molecule has 0 spiro atoms. The van der Waals surface area contributed by atoms with E-state index in [-0.39, 0.29) is 11.9 Å². The fourth-order valence-corrected chi connectivity index (χ4v) is 1.70. The van der Waals surface area contributed by atoms with E-state index in [1.54, 1.807) is 0 Å². The first-order valence-electron chi connectivity index (χ1n) is 4.12. The van der Waals surface area contributed by atoms with Crippen LogP contribution in [0.1, 0.15) is 5.56 Å². The first-order valence-corrected chi connectivity index (χ1v) is 5.32. The smallest absolute Gasteiger partial charge is 0.282 e. The van der Waals surface area contributed by atoms with Gasteiger partial charge in [0.1, 0.15) is 10.5 Å². The van der Waals surface area contributed by atoms with E-state index >= 15 is 0 Å². The Morgan fingerprint density at radius 1 is 1.00 bits per heavy atom. The van der Waals surface area contributed by atoms with Crippen LogP contribution in [0.2, 0.25) is 0 Å². The van der Waals surface area contributed by atoms with E-state index in [9.17, 15) is 35.5 Å². The predicted molar refractivity (Wildman–Crippen MR) is 51.5 cm³/mol. The van der Waals surface area contributed by atoms with Gasteiger partial charge in [-0.15, -0.1) is 0 Å². The van der Waals surface area contributed by atoms with Gasteiger partial charge in [-0.1, -0.05) is 0 Å². The van der Waals surface area contributed by atoms with Crippen molar-refractivity contribution in [2.45, 2.75) is 11.1 Å². The Bertz CT molecular complexity index is 504. The topological polar surface area (TPSA) is 29.1 Å². The zero-order valence-electron chi connectivity index (χ0n) is 8.34. The fourth-order valence-electron chi connectivity index (χ4n) is 1.04. The normalized spacial score (nSPS) is 11.6. The summed E-state index contributed by atoms with van der Waals surface area (Å²) >= 11 is 4.43. The summed E-state index contributed by atoms with van der Waals surface area (Å²) in [6, 6.07) is 0. The zero-order valence-corrected chi connectivity index (χ0v) is 9.91. The third-order valence-corrected chi connectivity index (χ3v) is 2.80. The minimum Gasteiger partial charge on any atom is -0.282 e. The summed E-state index contributed by atoms with van der Waals surface area (Å²) in [5, 5.41) is -1.34. The molecule has 1 aromatic carbocycles. The van der Waals surface area contributed by atoms with E-state index in [0.29, 0.717) is 0 Å². The van der Waals surface area contributed by atoms with E-state index < -0.39 is 45.3 Å². The number of amides is 1. The molecule has 0 saturated heterocycles. The van der Waals surface area contributed by atoms with Crippen molar-refractivity contribution in [1.82, 2.24) is 4.72 Å². The van der Waals surface area contributed by atoms with E-state index in [0.717, 1.165) is 0 Å². The number of hydrogen-bond donors (Lipinski definition) is 1. The molecule has 1 amide bonds. The fraction of sp³-hybridized carbons (Fsp3) is 0.125. The standard InChI is InChI=1S/C8HClF7NOS/c9-7(18)17-19-6-4(12)2(10)1(8(14,15)16)3(11)5(6)13/h(H,17,18). The molecule has 19 heavy (non-hydrogen) atoms. The van der Waals surface area contributed by atoms with Crippen LogP contribution < -0.4 is 4.72 Å². The van der Waals surface area contributed by atoms with Gasteiger partial charge in [0.05, 0.1) is 0 Å². The van der Waals surface area contributed by atoms with Gasteiger partial charge >= 0.3 is 11.5 Å². The first-order chi connectivity index (χ1) is 8.57. The van der Waals surface area contributed by atoms with Crippen molar-refractivity contribution in [3.63, 3.8) is 0 Å². The van der Waals surface area contributed by atoms with Crippen LogP contribution in [0, 0.1) is 23.3 Å². The number of alkyl halides is 3. The highest BCUT2D eigenvalue weighted by Gasteiger charge is 2.42. The summed E-state index contributed by atoms with van der Waals surface area (Å²) in [5.41, 5.74) is -2.69. The lowest BCUT2D eigenvalue weighted by Crippen LogP contribution is -2.17. The lowest BCUT2D eigenvalue weighted by atomic mass is 10.1. The van der Waals surface area contributed by atoms with Crippen LogP contribution in [0.5, 0.6) is 0 Å². The molecule has 0 fully saturated rings. The third kappa shape index (κ3) is 3.24. The molecule has 0 atom stereocenters. The van der Waals surface area contributed by atoms with Crippen molar-refractivity contribution < 1.29 is 35.5 Å². The van der Waals surface area contributed by atoms with E-state index in [1.165, 1.54) is 4.72 Å². The van der Waals surface area contributed by atoms with Crippen LogP contribution in [0.25, 0.3) is 0 Å². The summed E-state index contributed by atoms with van der Waals surface area (Å²) in [6.07, 6.45) is -5.62. The van der Waals surface area contributed by atoms with Gasteiger partial charge in [0, 0.05) is 0 Å². The molecular formula is C8HClF7NOS. The minimum atomic E-state index is -5.62. The van der Waals surface area contributed by atoms with E-state index in [2.05, 4.69) is 0 Å². The van der Waals surface area contributed by atoms with Crippen LogP contribution in [0.3, 0.4) is 0 Å². The highest BCUT2D eigenvalue weighted by molar-refractivity contribution is 7.98. The van der Waals surface area contributed by atoms with Crippen molar-refractivity contribution >= 4 is 28.9 Å². The highest BCUT2D eigenvalue weighted by atomic mass is 35.5. The predicted octanol–water partition coefficient (Wildman–Crippen LogP) is 4.22. The number of hydrogen-bond acceptors (Lipinski definition) is 2. The Balaban J connectivity index is 3.43. The third-order valence-electron chi connectivity index (χ3n) is 1.74. The second-order valence-corrected chi connectivity index (χ2v) is 4.10.